The normalized spacial score (nSPS) is 11.0. The summed E-state index contributed by atoms with van der Waals surface area (Å²) in [6.07, 6.45) is 1.67. The van der Waals surface area contributed by atoms with Crippen LogP contribution in [0.1, 0.15) is 10.6 Å². The molecule has 0 N–H and O–H groups in total. The van der Waals surface area contributed by atoms with Crippen LogP contribution in [0.15, 0.2) is 54.6 Å². The van der Waals surface area contributed by atoms with E-state index < -0.39 is 4.92 Å². The summed E-state index contributed by atoms with van der Waals surface area (Å²) in [5, 5.41) is 21.1. The van der Waals surface area contributed by atoms with E-state index >= 15 is 0 Å². The van der Waals surface area contributed by atoms with E-state index in [9.17, 15) is 15.4 Å². The first kappa shape index (κ1) is 17.3. The van der Waals surface area contributed by atoms with Crippen molar-refractivity contribution < 1.29 is 9.66 Å². The fourth-order valence-corrected chi connectivity index (χ4v) is 3.22. The number of thiazole rings is 1. The number of ether oxygens (including phenoxy) is 1. The molecule has 26 heavy (non-hydrogen) atoms. The maximum atomic E-state index is 11.4. The third-order valence-electron chi connectivity index (χ3n) is 3.60. The third-order valence-corrected chi connectivity index (χ3v) is 4.64. The molecule has 0 saturated carbocycles. The lowest BCUT2D eigenvalue weighted by Crippen LogP contribution is -1.89. The summed E-state index contributed by atoms with van der Waals surface area (Å²) in [5.41, 5.74) is 1.95. The van der Waals surface area contributed by atoms with Crippen LogP contribution in [0, 0.1) is 21.4 Å². The van der Waals surface area contributed by atoms with Crippen LogP contribution >= 0.6 is 11.3 Å². The summed E-state index contributed by atoms with van der Waals surface area (Å²) in [6, 6.07) is 18.2. The summed E-state index contributed by atoms with van der Waals surface area (Å²) in [4.78, 5) is 15.3. The van der Waals surface area contributed by atoms with E-state index in [-0.39, 0.29) is 16.3 Å². The van der Waals surface area contributed by atoms with Crippen LogP contribution in [0.2, 0.25) is 0 Å². The highest BCUT2D eigenvalue weighted by Crippen LogP contribution is 2.38. The average Bonchev–Trinajstić information content (AvgIpc) is 3.12. The first-order valence-electron chi connectivity index (χ1n) is 7.59. The predicted octanol–water partition coefficient (Wildman–Crippen LogP) is 4.79. The summed E-state index contributed by atoms with van der Waals surface area (Å²) in [6.45, 7) is 0. The molecule has 6 nitrogen and oxygen atoms in total. The van der Waals surface area contributed by atoms with Gasteiger partial charge in [-0.1, -0.05) is 30.3 Å². The third kappa shape index (κ3) is 3.61. The van der Waals surface area contributed by atoms with Crippen molar-refractivity contribution >= 4 is 28.0 Å². The first-order valence-corrected chi connectivity index (χ1v) is 8.41. The number of aromatic nitrogens is 1. The van der Waals surface area contributed by atoms with Gasteiger partial charge in [0.1, 0.15) is 16.8 Å². The highest BCUT2D eigenvalue weighted by molar-refractivity contribution is 7.16. The highest BCUT2D eigenvalue weighted by Gasteiger charge is 2.24. The monoisotopic (exact) mass is 363 g/mol. The molecule has 0 radical (unpaired) electrons. The zero-order valence-corrected chi connectivity index (χ0v) is 14.6. The van der Waals surface area contributed by atoms with Gasteiger partial charge in [-0.05, 0) is 47.2 Å². The Kier molecular flexibility index (Phi) is 5.06. The lowest BCUT2D eigenvalue weighted by Gasteiger charge is -2.00. The van der Waals surface area contributed by atoms with Crippen LogP contribution in [-0.4, -0.2) is 17.0 Å². The molecule has 1 aromatic heterocycles. The van der Waals surface area contributed by atoms with Crippen molar-refractivity contribution in [2.24, 2.45) is 0 Å². The van der Waals surface area contributed by atoms with Gasteiger partial charge in [0, 0.05) is 5.56 Å². The Hall–Kier alpha value is -3.50. The smallest absolute Gasteiger partial charge is 0.352 e. The van der Waals surface area contributed by atoms with Gasteiger partial charge in [0.15, 0.2) is 5.69 Å². The largest absolute Gasteiger partial charge is 0.497 e. The number of nitro groups is 1. The Morgan fingerprint density at radius 2 is 1.92 bits per heavy atom. The van der Waals surface area contributed by atoms with Gasteiger partial charge >= 0.3 is 5.00 Å². The molecule has 3 aromatic rings. The molecule has 0 aliphatic rings. The van der Waals surface area contributed by atoms with Crippen LogP contribution in [0.25, 0.3) is 22.9 Å². The van der Waals surface area contributed by atoms with Gasteiger partial charge in [-0.3, -0.25) is 10.1 Å². The van der Waals surface area contributed by atoms with Crippen LogP contribution in [0.5, 0.6) is 5.75 Å². The minimum Gasteiger partial charge on any atom is -0.497 e. The van der Waals surface area contributed by atoms with Gasteiger partial charge in [-0.2, -0.15) is 5.26 Å². The number of hydrogen-bond acceptors (Lipinski definition) is 6. The number of methoxy groups -OCH3 is 1. The Morgan fingerprint density at radius 1 is 1.23 bits per heavy atom. The SMILES string of the molecule is COc1ccc(-c2nc(/C(C#N)=C/c3ccccc3)sc2[N+](=O)[O-])cc1. The number of nitrogens with zero attached hydrogens (tertiary/aromatic N) is 3. The van der Waals surface area contributed by atoms with Gasteiger partial charge in [-0.15, -0.1) is 0 Å². The molecular weight excluding hydrogens is 350 g/mol. The molecule has 0 spiro atoms. The zero-order valence-electron chi connectivity index (χ0n) is 13.7. The maximum absolute atomic E-state index is 11.4. The van der Waals surface area contributed by atoms with Crippen molar-refractivity contribution in [1.29, 1.82) is 5.26 Å². The van der Waals surface area contributed by atoms with Crippen LogP contribution in [0.3, 0.4) is 0 Å². The van der Waals surface area contributed by atoms with E-state index in [2.05, 4.69) is 11.1 Å². The van der Waals surface area contributed by atoms with Gasteiger partial charge < -0.3 is 4.74 Å². The quantitative estimate of drug-likeness (QED) is 0.369. The lowest BCUT2D eigenvalue weighted by atomic mass is 10.1. The predicted molar refractivity (Wildman–Crippen MR) is 101 cm³/mol. The summed E-state index contributed by atoms with van der Waals surface area (Å²) in [7, 11) is 1.55. The molecule has 0 atom stereocenters. The fraction of sp³-hybridized carbons (Fsp3) is 0.0526. The number of allylic oxidation sites excluding steroid dienone is 1. The minimum atomic E-state index is -0.474. The summed E-state index contributed by atoms with van der Waals surface area (Å²) >= 11 is 0.892. The molecule has 0 fully saturated rings. The second-order valence-electron chi connectivity index (χ2n) is 5.24. The summed E-state index contributed by atoms with van der Waals surface area (Å²) in [5.74, 6) is 0.647. The Morgan fingerprint density at radius 3 is 2.50 bits per heavy atom. The van der Waals surface area contributed by atoms with E-state index in [1.165, 1.54) is 0 Å². The Labute approximate surface area is 153 Å². The molecule has 0 saturated heterocycles. The van der Waals surface area contributed by atoms with Crippen molar-refractivity contribution in [2.75, 3.05) is 7.11 Å². The molecule has 128 valence electrons. The van der Waals surface area contributed by atoms with Crippen molar-refractivity contribution in [3.05, 3.63) is 75.3 Å². The molecule has 0 bridgehead atoms. The minimum absolute atomic E-state index is 0.0978. The molecule has 3 rings (SSSR count). The highest BCUT2D eigenvalue weighted by atomic mass is 32.1. The van der Waals surface area contributed by atoms with Crippen LogP contribution < -0.4 is 4.74 Å². The average molecular weight is 363 g/mol. The van der Waals surface area contributed by atoms with E-state index in [4.69, 9.17) is 4.74 Å². The van der Waals surface area contributed by atoms with E-state index in [0.29, 0.717) is 16.3 Å². The summed E-state index contributed by atoms with van der Waals surface area (Å²) < 4.78 is 5.11. The van der Waals surface area contributed by atoms with Gasteiger partial charge in [-0.25, -0.2) is 4.98 Å². The molecule has 0 amide bonds. The molecule has 0 aliphatic heterocycles. The standard InChI is InChI=1S/C19H13N3O3S/c1-25-16-9-7-14(8-10-16)17-19(22(23)24)26-18(21-17)15(12-20)11-13-5-3-2-4-6-13/h2-11H,1H3/b15-11+. The van der Waals surface area contributed by atoms with Crippen molar-refractivity contribution in [3.63, 3.8) is 0 Å². The van der Waals surface area contributed by atoms with Gasteiger partial charge in [0.25, 0.3) is 0 Å². The first-order chi connectivity index (χ1) is 12.6. The molecule has 1 heterocycles. The molecule has 7 heteroatoms. The lowest BCUT2D eigenvalue weighted by molar-refractivity contribution is -0.379. The molecule has 0 unspecified atom stereocenters. The topological polar surface area (TPSA) is 89.0 Å². The zero-order chi connectivity index (χ0) is 18.5. The maximum Gasteiger partial charge on any atom is 0.352 e. The molecule has 0 aliphatic carbocycles. The fourth-order valence-electron chi connectivity index (χ4n) is 2.35. The van der Waals surface area contributed by atoms with E-state index in [1.54, 1.807) is 37.5 Å². The molecular formula is C19H13N3O3S. The van der Waals surface area contributed by atoms with Gasteiger partial charge in [0.05, 0.1) is 17.6 Å². The second-order valence-corrected chi connectivity index (χ2v) is 6.22. The van der Waals surface area contributed by atoms with Crippen molar-refractivity contribution in [1.82, 2.24) is 4.98 Å². The van der Waals surface area contributed by atoms with Crippen LogP contribution in [-0.2, 0) is 0 Å². The van der Waals surface area contributed by atoms with Crippen molar-refractivity contribution in [3.8, 4) is 23.1 Å². The Balaban J connectivity index is 2.07. The van der Waals surface area contributed by atoms with Gasteiger partial charge in [0.2, 0.25) is 0 Å². The number of nitriles is 1. The van der Waals surface area contributed by atoms with Crippen LogP contribution in [0.4, 0.5) is 5.00 Å². The Bertz CT molecular complexity index is 1000. The van der Waals surface area contributed by atoms with E-state index in [1.807, 2.05) is 30.3 Å². The number of benzene rings is 2. The molecule has 2 aromatic carbocycles. The second kappa shape index (κ2) is 7.59. The van der Waals surface area contributed by atoms with Crippen molar-refractivity contribution in [2.45, 2.75) is 0 Å². The number of hydrogen-bond donors (Lipinski definition) is 0. The van der Waals surface area contributed by atoms with E-state index in [0.717, 1.165) is 16.9 Å². The number of rotatable bonds is 5.